The summed E-state index contributed by atoms with van der Waals surface area (Å²) >= 11 is 5.97. The fraction of sp³-hybridized carbons (Fsp3) is 0.316. The van der Waals surface area contributed by atoms with Crippen LogP contribution in [0.25, 0.3) is 0 Å². The number of ether oxygens (including phenoxy) is 2. The molecule has 0 aliphatic rings. The minimum atomic E-state index is -0.428. The zero-order valence-corrected chi connectivity index (χ0v) is 15.7. The van der Waals surface area contributed by atoms with Crippen molar-refractivity contribution in [1.29, 1.82) is 0 Å². The number of carbonyl (C=O) groups excluding carboxylic acids is 1. The molecule has 0 saturated heterocycles. The molecule has 0 saturated carbocycles. The van der Waals surface area contributed by atoms with E-state index in [0.29, 0.717) is 23.0 Å². The van der Waals surface area contributed by atoms with Crippen molar-refractivity contribution in [1.82, 2.24) is 4.90 Å². The first-order chi connectivity index (χ1) is 12.4. The molecule has 7 heteroatoms. The maximum Gasteiger partial charge on any atom is 0.241 e. The lowest BCUT2D eigenvalue weighted by Crippen LogP contribution is -2.41. The normalized spacial score (nSPS) is 11.9. The van der Waals surface area contributed by atoms with Gasteiger partial charge in [0, 0.05) is 11.6 Å². The molecule has 26 heavy (non-hydrogen) atoms. The smallest absolute Gasteiger partial charge is 0.241 e. The van der Waals surface area contributed by atoms with Gasteiger partial charge in [0.25, 0.3) is 0 Å². The Balaban J connectivity index is 1.89. The standard InChI is InChI=1S/C19H22ClFN2O3/c1-13(19(24)22-16-12-14(20)8-9-18(16)25-3)23(2)10-11-26-17-7-5-4-6-15(17)21/h4-9,12-13H,10-11H2,1-3H3,(H,22,24)/t13-/m1/s1. The number of carbonyl (C=O) groups is 1. The van der Waals surface area contributed by atoms with E-state index >= 15 is 0 Å². The van der Waals surface area contributed by atoms with E-state index in [1.807, 2.05) is 4.90 Å². The van der Waals surface area contributed by atoms with E-state index in [-0.39, 0.29) is 18.3 Å². The van der Waals surface area contributed by atoms with Crippen LogP contribution in [0.5, 0.6) is 11.5 Å². The molecule has 0 spiro atoms. The highest BCUT2D eigenvalue weighted by Gasteiger charge is 2.19. The molecule has 140 valence electrons. The number of benzene rings is 2. The van der Waals surface area contributed by atoms with Crippen LogP contribution in [0.15, 0.2) is 42.5 Å². The largest absolute Gasteiger partial charge is 0.495 e. The van der Waals surface area contributed by atoms with E-state index < -0.39 is 11.9 Å². The fourth-order valence-corrected chi connectivity index (χ4v) is 2.44. The second kappa shape index (κ2) is 9.40. The molecule has 0 aliphatic heterocycles. The Morgan fingerprint density at radius 3 is 2.69 bits per heavy atom. The number of anilines is 1. The average molecular weight is 381 g/mol. The molecule has 5 nitrogen and oxygen atoms in total. The fourth-order valence-electron chi connectivity index (χ4n) is 2.27. The van der Waals surface area contributed by atoms with Crippen LogP contribution in [0.2, 0.25) is 5.02 Å². The monoisotopic (exact) mass is 380 g/mol. The Kier molecular flexibility index (Phi) is 7.24. The molecular formula is C19H22ClFN2O3. The van der Waals surface area contributed by atoms with E-state index in [9.17, 15) is 9.18 Å². The van der Waals surface area contributed by atoms with Crippen LogP contribution in [0, 0.1) is 5.82 Å². The first kappa shape index (κ1) is 20.0. The van der Waals surface area contributed by atoms with Gasteiger partial charge in [-0.1, -0.05) is 23.7 Å². The maximum atomic E-state index is 13.5. The zero-order chi connectivity index (χ0) is 19.1. The van der Waals surface area contributed by atoms with Crippen LogP contribution in [0.4, 0.5) is 10.1 Å². The van der Waals surface area contributed by atoms with Crippen molar-refractivity contribution in [2.45, 2.75) is 13.0 Å². The molecule has 0 aromatic heterocycles. The Morgan fingerprint density at radius 2 is 2.00 bits per heavy atom. The minimum absolute atomic E-state index is 0.196. The van der Waals surface area contributed by atoms with Crippen LogP contribution < -0.4 is 14.8 Å². The SMILES string of the molecule is COc1ccc(Cl)cc1NC(=O)[C@@H](C)N(C)CCOc1ccccc1F. The molecule has 0 heterocycles. The summed E-state index contributed by atoms with van der Waals surface area (Å²) in [5.74, 6) is 0.107. The van der Waals surface area contributed by atoms with Crippen LogP contribution in [0.1, 0.15) is 6.92 Å². The molecular weight excluding hydrogens is 359 g/mol. The molecule has 2 rings (SSSR count). The number of halogens is 2. The van der Waals surface area contributed by atoms with Gasteiger partial charge in [-0.3, -0.25) is 9.69 Å². The summed E-state index contributed by atoms with van der Waals surface area (Å²) in [7, 11) is 3.32. The molecule has 0 fully saturated rings. The lowest BCUT2D eigenvalue weighted by Gasteiger charge is -2.24. The number of nitrogens with zero attached hydrogens (tertiary/aromatic N) is 1. The van der Waals surface area contributed by atoms with Gasteiger partial charge in [-0.15, -0.1) is 0 Å². The number of nitrogens with one attached hydrogen (secondary N) is 1. The molecule has 0 unspecified atom stereocenters. The summed E-state index contributed by atoms with van der Waals surface area (Å²) in [4.78, 5) is 14.3. The van der Waals surface area contributed by atoms with Crippen molar-refractivity contribution in [3.8, 4) is 11.5 Å². The number of hydrogen-bond donors (Lipinski definition) is 1. The van der Waals surface area contributed by atoms with Crippen molar-refractivity contribution < 1.29 is 18.7 Å². The van der Waals surface area contributed by atoms with Crippen LogP contribution in [-0.4, -0.2) is 44.2 Å². The Hall–Kier alpha value is -2.31. The molecule has 1 N–H and O–H groups in total. The van der Waals surface area contributed by atoms with Gasteiger partial charge in [-0.2, -0.15) is 0 Å². The first-order valence-corrected chi connectivity index (χ1v) is 8.52. The van der Waals surface area contributed by atoms with Gasteiger partial charge in [0.15, 0.2) is 11.6 Å². The highest BCUT2D eigenvalue weighted by atomic mass is 35.5. The highest BCUT2D eigenvalue weighted by Crippen LogP contribution is 2.27. The zero-order valence-electron chi connectivity index (χ0n) is 15.0. The lowest BCUT2D eigenvalue weighted by molar-refractivity contribution is -0.120. The van der Waals surface area contributed by atoms with Gasteiger partial charge >= 0.3 is 0 Å². The van der Waals surface area contributed by atoms with Gasteiger partial charge in [0.2, 0.25) is 5.91 Å². The van der Waals surface area contributed by atoms with Gasteiger partial charge in [0.05, 0.1) is 18.8 Å². The quantitative estimate of drug-likeness (QED) is 0.756. The predicted octanol–water partition coefficient (Wildman–Crippen LogP) is 3.83. The third-order valence-corrected chi connectivity index (χ3v) is 4.23. The maximum absolute atomic E-state index is 13.5. The molecule has 0 radical (unpaired) electrons. The van der Waals surface area contributed by atoms with Crippen molar-refractivity contribution in [3.05, 3.63) is 53.3 Å². The van der Waals surface area contributed by atoms with E-state index in [1.165, 1.54) is 13.2 Å². The van der Waals surface area contributed by atoms with Crippen LogP contribution in [-0.2, 0) is 4.79 Å². The molecule has 2 aromatic rings. The molecule has 0 aliphatic carbocycles. The molecule has 0 bridgehead atoms. The van der Waals surface area contributed by atoms with Crippen molar-refractivity contribution in [2.75, 3.05) is 32.6 Å². The third kappa shape index (κ3) is 5.34. The third-order valence-electron chi connectivity index (χ3n) is 4.00. The number of rotatable bonds is 8. The van der Waals surface area contributed by atoms with Crippen LogP contribution in [0.3, 0.4) is 0 Å². The highest BCUT2D eigenvalue weighted by molar-refractivity contribution is 6.31. The summed E-state index contributed by atoms with van der Waals surface area (Å²) in [5, 5.41) is 3.31. The summed E-state index contributed by atoms with van der Waals surface area (Å²) in [6.45, 7) is 2.49. The summed E-state index contributed by atoms with van der Waals surface area (Å²) < 4.78 is 24.2. The number of hydrogen-bond acceptors (Lipinski definition) is 4. The summed E-state index contributed by atoms with van der Waals surface area (Å²) in [6.07, 6.45) is 0. The number of amides is 1. The van der Waals surface area contributed by atoms with Gasteiger partial charge in [0.1, 0.15) is 12.4 Å². The van der Waals surface area contributed by atoms with E-state index in [2.05, 4.69) is 5.32 Å². The summed E-state index contributed by atoms with van der Waals surface area (Å²) in [6, 6.07) is 10.8. The second-order valence-corrected chi connectivity index (χ2v) is 6.21. The molecule has 1 atom stereocenters. The van der Waals surface area contributed by atoms with Crippen LogP contribution >= 0.6 is 11.6 Å². The number of likely N-dealkylation sites (N-methyl/N-ethyl adjacent to an activating group) is 1. The Morgan fingerprint density at radius 1 is 1.27 bits per heavy atom. The predicted molar refractivity (Wildman–Crippen MR) is 101 cm³/mol. The minimum Gasteiger partial charge on any atom is -0.495 e. The topological polar surface area (TPSA) is 50.8 Å². The summed E-state index contributed by atoms with van der Waals surface area (Å²) in [5.41, 5.74) is 0.507. The Labute approximate surface area is 157 Å². The van der Waals surface area contributed by atoms with Gasteiger partial charge < -0.3 is 14.8 Å². The van der Waals surface area contributed by atoms with Crippen molar-refractivity contribution in [2.24, 2.45) is 0 Å². The van der Waals surface area contributed by atoms with E-state index in [1.54, 1.807) is 50.4 Å². The Bertz CT molecular complexity index is 757. The van der Waals surface area contributed by atoms with Gasteiger partial charge in [-0.05, 0) is 44.3 Å². The second-order valence-electron chi connectivity index (χ2n) is 5.77. The van der Waals surface area contributed by atoms with Crippen molar-refractivity contribution in [3.63, 3.8) is 0 Å². The number of methoxy groups -OCH3 is 1. The first-order valence-electron chi connectivity index (χ1n) is 8.14. The average Bonchev–Trinajstić information content (AvgIpc) is 2.62. The molecule has 2 aromatic carbocycles. The number of para-hydroxylation sites is 1. The van der Waals surface area contributed by atoms with E-state index in [4.69, 9.17) is 21.1 Å². The molecule has 1 amide bonds. The van der Waals surface area contributed by atoms with Gasteiger partial charge in [-0.25, -0.2) is 4.39 Å². The van der Waals surface area contributed by atoms with E-state index in [0.717, 1.165) is 0 Å². The lowest BCUT2D eigenvalue weighted by atomic mass is 10.2. The van der Waals surface area contributed by atoms with Crippen molar-refractivity contribution >= 4 is 23.2 Å².